The predicted molar refractivity (Wildman–Crippen MR) is 58.1 cm³/mol. The molecule has 0 N–H and O–H groups in total. The highest BCUT2D eigenvalue weighted by Crippen LogP contribution is 2.27. The fraction of sp³-hybridized carbons (Fsp3) is 0.909. The van der Waals surface area contributed by atoms with Crippen molar-refractivity contribution >= 4 is 6.09 Å². The number of likely N-dealkylation sites (tertiary alicyclic amines) is 1. The minimum Gasteiger partial charge on any atom is -0.444 e. The van der Waals surface area contributed by atoms with E-state index in [0.717, 1.165) is 0 Å². The normalized spacial score (nSPS) is 25.9. The molecule has 0 aromatic carbocycles. The summed E-state index contributed by atoms with van der Waals surface area (Å²) in [6.45, 7) is 5.83. The topological polar surface area (TPSA) is 38.8 Å². The number of ether oxygens (including phenoxy) is 2. The van der Waals surface area contributed by atoms with Crippen LogP contribution in [0.4, 0.5) is 9.18 Å². The van der Waals surface area contributed by atoms with E-state index in [-0.39, 0.29) is 13.2 Å². The van der Waals surface area contributed by atoms with Gasteiger partial charge in [-0.1, -0.05) is 0 Å². The maximum Gasteiger partial charge on any atom is 0.410 e. The van der Waals surface area contributed by atoms with Crippen LogP contribution >= 0.6 is 0 Å². The molecule has 1 rings (SSSR count). The molecule has 0 aliphatic carbocycles. The van der Waals surface area contributed by atoms with E-state index in [2.05, 4.69) is 0 Å². The average Bonchev–Trinajstić information content (AvgIpc) is 2.45. The molecule has 1 fully saturated rings. The van der Waals surface area contributed by atoms with E-state index in [9.17, 15) is 9.18 Å². The van der Waals surface area contributed by atoms with Crippen molar-refractivity contribution in [3.63, 3.8) is 0 Å². The Balaban J connectivity index is 2.50. The number of carbonyl (C=O) groups is 1. The maximum atomic E-state index is 14.0. The van der Waals surface area contributed by atoms with Gasteiger partial charge >= 0.3 is 6.09 Å². The van der Waals surface area contributed by atoms with Crippen molar-refractivity contribution in [3.8, 4) is 0 Å². The van der Waals surface area contributed by atoms with Crippen molar-refractivity contribution in [2.45, 2.75) is 38.5 Å². The number of alkyl halides is 1. The van der Waals surface area contributed by atoms with Gasteiger partial charge in [0, 0.05) is 20.1 Å². The van der Waals surface area contributed by atoms with Crippen molar-refractivity contribution in [2.24, 2.45) is 0 Å². The third kappa shape index (κ3) is 3.63. The molecule has 0 aromatic heterocycles. The number of hydrogen-bond donors (Lipinski definition) is 0. The minimum atomic E-state index is -1.42. The molecule has 1 amide bonds. The van der Waals surface area contributed by atoms with Crippen LogP contribution in [-0.4, -0.2) is 49.1 Å². The zero-order chi connectivity index (χ0) is 12.4. The molecule has 0 saturated carbocycles. The lowest BCUT2D eigenvalue weighted by molar-refractivity contribution is 0.0175. The Morgan fingerprint density at radius 1 is 1.50 bits per heavy atom. The van der Waals surface area contributed by atoms with Gasteiger partial charge < -0.3 is 14.4 Å². The summed E-state index contributed by atoms with van der Waals surface area (Å²) in [5.41, 5.74) is -1.97. The molecular formula is C11H20FNO3. The predicted octanol–water partition coefficient (Wildman–Crippen LogP) is 1.98. The third-order valence-corrected chi connectivity index (χ3v) is 2.36. The van der Waals surface area contributed by atoms with Crippen LogP contribution in [0.5, 0.6) is 0 Å². The Morgan fingerprint density at radius 2 is 2.12 bits per heavy atom. The van der Waals surface area contributed by atoms with E-state index in [0.29, 0.717) is 13.0 Å². The Labute approximate surface area is 95.7 Å². The Bertz CT molecular complexity index is 264. The third-order valence-electron chi connectivity index (χ3n) is 2.36. The van der Waals surface area contributed by atoms with Gasteiger partial charge in [-0.25, -0.2) is 9.18 Å². The van der Waals surface area contributed by atoms with Gasteiger partial charge in [-0.15, -0.1) is 0 Å². The molecule has 0 bridgehead atoms. The van der Waals surface area contributed by atoms with Crippen molar-refractivity contribution < 1.29 is 18.7 Å². The molecule has 1 heterocycles. The summed E-state index contributed by atoms with van der Waals surface area (Å²) in [6, 6.07) is 0. The molecule has 1 aliphatic heterocycles. The summed E-state index contributed by atoms with van der Waals surface area (Å²) in [6.07, 6.45) is -0.150. The van der Waals surface area contributed by atoms with Crippen LogP contribution in [0.25, 0.3) is 0 Å². The summed E-state index contributed by atoms with van der Waals surface area (Å²) in [5.74, 6) is 0. The number of halogens is 1. The van der Waals surface area contributed by atoms with Crippen LogP contribution in [0.3, 0.4) is 0 Å². The fourth-order valence-electron chi connectivity index (χ4n) is 1.69. The summed E-state index contributed by atoms with van der Waals surface area (Å²) < 4.78 is 24.0. The quantitative estimate of drug-likeness (QED) is 0.732. The number of hydrogen-bond acceptors (Lipinski definition) is 3. The first kappa shape index (κ1) is 13.2. The highest BCUT2D eigenvalue weighted by Gasteiger charge is 2.41. The van der Waals surface area contributed by atoms with E-state index >= 15 is 0 Å². The van der Waals surface area contributed by atoms with Gasteiger partial charge in [-0.05, 0) is 20.8 Å². The lowest BCUT2D eigenvalue weighted by Gasteiger charge is -2.25. The summed E-state index contributed by atoms with van der Waals surface area (Å²) >= 11 is 0. The molecular weight excluding hydrogens is 213 g/mol. The first-order valence-electron chi connectivity index (χ1n) is 5.42. The number of methoxy groups -OCH3 is 1. The van der Waals surface area contributed by atoms with Crippen LogP contribution in [0, 0.1) is 0 Å². The zero-order valence-electron chi connectivity index (χ0n) is 10.4. The molecule has 1 saturated heterocycles. The van der Waals surface area contributed by atoms with E-state index in [1.54, 1.807) is 20.8 Å². The van der Waals surface area contributed by atoms with E-state index < -0.39 is 17.4 Å². The minimum absolute atomic E-state index is 0.0201. The number of amides is 1. The van der Waals surface area contributed by atoms with Crippen molar-refractivity contribution in [3.05, 3.63) is 0 Å². The number of nitrogens with zero attached hydrogens (tertiary/aromatic N) is 1. The highest BCUT2D eigenvalue weighted by atomic mass is 19.1. The van der Waals surface area contributed by atoms with Crippen molar-refractivity contribution in [1.82, 2.24) is 4.90 Å². The molecule has 1 aliphatic rings. The van der Waals surface area contributed by atoms with Crippen molar-refractivity contribution in [2.75, 3.05) is 26.8 Å². The molecule has 94 valence electrons. The largest absolute Gasteiger partial charge is 0.444 e. The average molecular weight is 233 g/mol. The molecule has 5 heteroatoms. The molecule has 16 heavy (non-hydrogen) atoms. The lowest BCUT2D eigenvalue weighted by atomic mass is 10.1. The smallest absolute Gasteiger partial charge is 0.410 e. The van der Waals surface area contributed by atoms with Gasteiger partial charge in [0.1, 0.15) is 5.60 Å². The SMILES string of the molecule is COCC1(F)CCN(C(=O)OC(C)(C)C)C1. The maximum absolute atomic E-state index is 14.0. The second-order valence-electron chi connectivity index (χ2n) is 5.24. The first-order chi connectivity index (χ1) is 7.26. The summed E-state index contributed by atoms with van der Waals surface area (Å²) in [5, 5.41) is 0. The van der Waals surface area contributed by atoms with Crippen molar-refractivity contribution in [1.29, 1.82) is 0 Å². The Hall–Kier alpha value is -0.840. The molecule has 1 unspecified atom stereocenters. The zero-order valence-corrected chi connectivity index (χ0v) is 10.4. The van der Waals surface area contributed by atoms with Gasteiger partial charge in [-0.2, -0.15) is 0 Å². The second-order valence-corrected chi connectivity index (χ2v) is 5.24. The van der Waals surface area contributed by atoms with Gasteiger partial charge in [-0.3, -0.25) is 0 Å². The molecule has 0 radical (unpaired) electrons. The Kier molecular flexibility index (Phi) is 3.78. The second kappa shape index (κ2) is 4.57. The Morgan fingerprint density at radius 3 is 2.62 bits per heavy atom. The van der Waals surface area contributed by atoms with Gasteiger partial charge in [0.2, 0.25) is 0 Å². The monoisotopic (exact) mass is 233 g/mol. The lowest BCUT2D eigenvalue weighted by Crippen LogP contribution is -2.39. The van der Waals surface area contributed by atoms with Crippen LogP contribution in [0.15, 0.2) is 0 Å². The summed E-state index contributed by atoms with van der Waals surface area (Å²) in [4.78, 5) is 13.0. The van der Waals surface area contributed by atoms with E-state index in [1.807, 2.05) is 0 Å². The van der Waals surface area contributed by atoms with Crippen LogP contribution in [0.2, 0.25) is 0 Å². The van der Waals surface area contributed by atoms with Crippen LogP contribution in [0.1, 0.15) is 27.2 Å². The fourth-order valence-corrected chi connectivity index (χ4v) is 1.69. The molecule has 1 atom stereocenters. The van der Waals surface area contributed by atoms with Gasteiger partial charge in [0.25, 0.3) is 0 Å². The number of rotatable bonds is 2. The first-order valence-corrected chi connectivity index (χ1v) is 5.42. The van der Waals surface area contributed by atoms with E-state index in [1.165, 1.54) is 12.0 Å². The highest BCUT2D eigenvalue weighted by molar-refractivity contribution is 5.68. The summed E-state index contributed by atoms with van der Waals surface area (Å²) in [7, 11) is 1.46. The van der Waals surface area contributed by atoms with Gasteiger partial charge in [0.05, 0.1) is 13.2 Å². The van der Waals surface area contributed by atoms with Crippen LogP contribution in [-0.2, 0) is 9.47 Å². The molecule has 4 nitrogen and oxygen atoms in total. The van der Waals surface area contributed by atoms with E-state index in [4.69, 9.17) is 9.47 Å². The van der Waals surface area contributed by atoms with Gasteiger partial charge in [0.15, 0.2) is 5.67 Å². The van der Waals surface area contributed by atoms with Crippen LogP contribution < -0.4 is 0 Å². The number of carbonyl (C=O) groups excluding carboxylic acids is 1. The standard InChI is InChI=1S/C11H20FNO3/c1-10(2,3)16-9(14)13-6-5-11(12,7-13)8-15-4/h5-8H2,1-4H3. The molecule has 0 aromatic rings. The molecule has 0 spiro atoms.